The molecule has 3 aliphatic rings. The predicted molar refractivity (Wildman–Crippen MR) is 91.0 cm³/mol. The molecule has 0 aliphatic carbocycles. The number of piperidine rings is 2. The average molecular weight is 324 g/mol. The van der Waals surface area contributed by atoms with Crippen LogP contribution >= 0.6 is 11.8 Å². The molecule has 2 fully saturated rings. The number of carbonyl (C=O) groups is 1. The first-order valence-corrected chi connectivity index (χ1v) is 9.44. The van der Waals surface area contributed by atoms with E-state index in [1.807, 2.05) is 10.3 Å². The van der Waals surface area contributed by atoms with Crippen molar-refractivity contribution in [3.05, 3.63) is 11.1 Å². The highest BCUT2D eigenvalue weighted by Gasteiger charge is 2.29. The number of rotatable bonds is 3. The molecule has 3 rings (SSSR count). The summed E-state index contributed by atoms with van der Waals surface area (Å²) in [6.45, 7) is 6.65. The highest BCUT2D eigenvalue weighted by Crippen LogP contribution is 2.25. The Morgan fingerprint density at radius 2 is 1.95 bits per heavy atom. The van der Waals surface area contributed by atoms with Gasteiger partial charge in [0, 0.05) is 24.8 Å². The highest BCUT2D eigenvalue weighted by molar-refractivity contribution is 8.02. The summed E-state index contributed by atoms with van der Waals surface area (Å²) in [7, 11) is 0. The topological polar surface area (TPSA) is 61.6 Å². The number of amides is 1. The van der Waals surface area contributed by atoms with Crippen LogP contribution < -0.4 is 11.1 Å². The lowest BCUT2D eigenvalue weighted by Gasteiger charge is -2.41. The van der Waals surface area contributed by atoms with Gasteiger partial charge < -0.3 is 20.9 Å². The van der Waals surface area contributed by atoms with E-state index in [9.17, 15) is 4.79 Å². The minimum atomic E-state index is -0.0879. The number of hydrogen-bond donors (Lipinski definition) is 2. The van der Waals surface area contributed by atoms with E-state index in [1.165, 1.54) is 25.9 Å². The molecule has 124 valence electrons. The Morgan fingerprint density at radius 1 is 1.27 bits per heavy atom. The van der Waals surface area contributed by atoms with Gasteiger partial charge in [-0.2, -0.15) is 0 Å². The van der Waals surface area contributed by atoms with Gasteiger partial charge in [-0.15, -0.1) is 0 Å². The summed E-state index contributed by atoms with van der Waals surface area (Å²) >= 11 is 1.54. The van der Waals surface area contributed by atoms with Crippen molar-refractivity contribution in [3.63, 3.8) is 0 Å². The fourth-order valence-electron chi connectivity index (χ4n) is 3.65. The van der Waals surface area contributed by atoms with Gasteiger partial charge in [0.15, 0.2) is 0 Å². The molecule has 1 unspecified atom stereocenters. The molecular weight excluding hydrogens is 296 g/mol. The Bertz CT molecular complexity index is 426. The monoisotopic (exact) mass is 324 g/mol. The molecule has 3 heterocycles. The van der Waals surface area contributed by atoms with Crippen LogP contribution in [0.3, 0.4) is 0 Å². The molecule has 0 aromatic carbocycles. The van der Waals surface area contributed by atoms with Crippen molar-refractivity contribution in [1.82, 2.24) is 15.1 Å². The summed E-state index contributed by atoms with van der Waals surface area (Å²) in [6, 6.07) is 0.685. The van der Waals surface area contributed by atoms with E-state index < -0.39 is 0 Å². The maximum absolute atomic E-state index is 12.4. The second kappa shape index (κ2) is 7.23. The van der Waals surface area contributed by atoms with Crippen molar-refractivity contribution < 1.29 is 4.79 Å². The normalized spacial score (nSPS) is 28.5. The number of carbonyl (C=O) groups excluding carboxylic acids is 1. The number of nitrogens with one attached hydrogen (secondary N) is 1. The summed E-state index contributed by atoms with van der Waals surface area (Å²) < 4.78 is 0. The maximum Gasteiger partial charge on any atom is 0.228 e. The third-order valence-electron chi connectivity index (χ3n) is 5.18. The largest absolute Gasteiger partial charge is 0.364 e. The SMILES string of the molecule is CC1CCN(C2CCN(C(=O)CC3=CSC(N)N3)CC2)CC1. The summed E-state index contributed by atoms with van der Waals surface area (Å²) in [5.41, 5.74) is 6.64. The van der Waals surface area contributed by atoms with Crippen LogP contribution in [0.15, 0.2) is 11.1 Å². The van der Waals surface area contributed by atoms with Crippen molar-refractivity contribution in [2.45, 2.75) is 50.6 Å². The van der Waals surface area contributed by atoms with E-state index in [0.717, 1.165) is 37.5 Å². The van der Waals surface area contributed by atoms with Crippen LogP contribution in [0, 0.1) is 5.92 Å². The van der Waals surface area contributed by atoms with Crippen LogP contribution in [0.1, 0.15) is 39.0 Å². The first-order valence-electron chi connectivity index (χ1n) is 8.50. The second-order valence-corrected chi connectivity index (χ2v) is 7.87. The Morgan fingerprint density at radius 3 is 2.55 bits per heavy atom. The van der Waals surface area contributed by atoms with E-state index in [2.05, 4.69) is 17.1 Å². The maximum atomic E-state index is 12.4. The molecule has 0 radical (unpaired) electrons. The number of thioether (sulfide) groups is 1. The van der Waals surface area contributed by atoms with Gasteiger partial charge >= 0.3 is 0 Å². The van der Waals surface area contributed by atoms with E-state index >= 15 is 0 Å². The van der Waals surface area contributed by atoms with Gasteiger partial charge in [0.1, 0.15) is 5.50 Å². The molecule has 3 N–H and O–H groups in total. The van der Waals surface area contributed by atoms with Gasteiger partial charge in [-0.1, -0.05) is 18.7 Å². The van der Waals surface area contributed by atoms with E-state index in [-0.39, 0.29) is 11.4 Å². The first kappa shape index (κ1) is 16.1. The van der Waals surface area contributed by atoms with Crippen molar-refractivity contribution in [2.24, 2.45) is 11.7 Å². The molecule has 22 heavy (non-hydrogen) atoms. The zero-order chi connectivity index (χ0) is 15.5. The van der Waals surface area contributed by atoms with E-state index in [0.29, 0.717) is 12.5 Å². The molecule has 1 amide bonds. The third kappa shape index (κ3) is 3.97. The van der Waals surface area contributed by atoms with Gasteiger partial charge in [0.25, 0.3) is 0 Å². The van der Waals surface area contributed by atoms with Gasteiger partial charge in [0.05, 0.1) is 6.42 Å². The van der Waals surface area contributed by atoms with Crippen LogP contribution in [0.5, 0.6) is 0 Å². The summed E-state index contributed by atoms with van der Waals surface area (Å²) in [4.78, 5) is 17.0. The Balaban J connectivity index is 1.42. The Hall–Kier alpha value is -0.720. The molecule has 0 spiro atoms. The molecule has 0 aromatic rings. The molecule has 3 aliphatic heterocycles. The minimum Gasteiger partial charge on any atom is -0.364 e. The molecule has 0 saturated carbocycles. The summed E-state index contributed by atoms with van der Waals surface area (Å²) in [5, 5.41) is 5.11. The molecule has 0 aromatic heterocycles. The van der Waals surface area contributed by atoms with E-state index in [1.54, 1.807) is 11.8 Å². The molecule has 0 bridgehead atoms. The third-order valence-corrected chi connectivity index (χ3v) is 6.01. The van der Waals surface area contributed by atoms with Gasteiger partial charge in [-0.25, -0.2) is 0 Å². The summed E-state index contributed by atoms with van der Waals surface area (Å²) in [6.07, 6.45) is 5.38. The Kier molecular flexibility index (Phi) is 5.31. The second-order valence-electron chi connectivity index (χ2n) is 6.85. The van der Waals surface area contributed by atoms with Gasteiger partial charge in [-0.05, 0) is 50.1 Å². The quantitative estimate of drug-likeness (QED) is 0.824. The molecule has 5 nitrogen and oxygen atoms in total. The van der Waals surface area contributed by atoms with Crippen molar-refractivity contribution in [3.8, 4) is 0 Å². The van der Waals surface area contributed by atoms with Gasteiger partial charge in [-0.3, -0.25) is 4.79 Å². The molecule has 6 heteroatoms. The standard InChI is InChI=1S/C16H28N4OS/c1-12-2-6-19(7-3-12)14-4-8-20(9-5-14)15(21)10-13-11-22-16(17)18-13/h11-12,14,16,18H,2-10,17H2,1H3. The lowest BCUT2D eigenvalue weighted by atomic mass is 9.95. The lowest BCUT2D eigenvalue weighted by molar-refractivity contribution is -0.132. The number of likely N-dealkylation sites (tertiary alicyclic amines) is 2. The minimum absolute atomic E-state index is 0.0879. The first-order chi connectivity index (χ1) is 10.6. The molecule has 2 saturated heterocycles. The fourth-order valence-corrected chi connectivity index (χ4v) is 4.33. The van der Waals surface area contributed by atoms with Gasteiger partial charge in [0.2, 0.25) is 5.91 Å². The predicted octanol–water partition coefficient (Wildman–Crippen LogP) is 1.52. The summed E-state index contributed by atoms with van der Waals surface area (Å²) in [5.74, 6) is 1.12. The smallest absolute Gasteiger partial charge is 0.228 e. The van der Waals surface area contributed by atoms with Crippen LogP contribution in [-0.4, -0.2) is 53.4 Å². The van der Waals surface area contributed by atoms with Crippen molar-refractivity contribution >= 4 is 17.7 Å². The highest BCUT2D eigenvalue weighted by atomic mass is 32.2. The van der Waals surface area contributed by atoms with Crippen molar-refractivity contribution in [2.75, 3.05) is 26.2 Å². The number of hydrogen-bond acceptors (Lipinski definition) is 5. The average Bonchev–Trinajstić information content (AvgIpc) is 2.93. The number of nitrogens with two attached hydrogens (primary N) is 1. The molecule has 1 atom stereocenters. The zero-order valence-corrected chi connectivity index (χ0v) is 14.3. The van der Waals surface area contributed by atoms with Crippen molar-refractivity contribution in [1.29, 1.82) is 0 Å². The fraction of sp³-hybridized carbons (Fsp3) is 0.812. The lowest BCUT2D eigenvalue weighted by Crippen LogP contribution is -2.49. The van der Waals surface area contributed by atoms with Crippen LogP contribution in [0.2, 0.25) is 0 Å². The van der Waals surface area contributed by atoms with Crippen LogP contribution in [-0.2, 0) is 4.79 Å². The Labute approximate surface area is 137 Å². The van der Waals surface area contributed by atoms with Crippen LogP contribution in [0.25, 0.3) is 0 Å². The zero-order valence-electron chi connectivity index (χ0n) is 13.5. The number of nitrogens with zero attached hydrogens (tertiary/aromatic N) is 2. The molecular formula is C16H28N4OS. The van der Waals surface area contributed by atoms with E-state index in [4.69, 9.17) is 5.73 Å². The van der Waals surface area contributed by atoms with Crippen LogP contribution in [0.4, 0.5) is 0 Å².